The second-order valence-corrected chi connectivity index (χ2v) is 4.64. The smallest absolute Gasteiger partial charge is 0.0843 e. The third-order valence-electron chi connectivity index (χ3n) is 2.77. The molecule has 0 aliphatic heterocycles. The van der Waals surface area contributed by atoms with Gasteiger partial charge in [-0.3, -0.25) is 9.36 Å². The Hall–Kier alpha value is -1.14. The zero-order valence-electron chi connectivity index (χ0n) is 10.0. The van der Waals surface area contributed by atoms with E-state index in [9.17, 15) is 0 Å². The summed E-state index contributed by atoms with van der Waals surface area (Å²) in [5.41, 5.74) is 8.83. The first-order chi connectivity index (χ1) is 8.17. The van der Waals surface area contributed by atoms with E-state index in [1.807, 2.05) is 22.4 Å². The van der Waals surface area contributed by atoms with E-state index < -0.39 is 0 Å². The van der Waals surface area contributed by atoms with Crippen LogP contribution in [0, 0.1) is 6.92 Å². The lowest BCUT2D eigenvalue weighted by Gasteiger charge is -2.08. The van der Waals surface area contributed by atoms with Gasteiger partial charge in [0, 0.05) is 19.3 Å². The van der Waals surface area contributed by atoms with Crippen molar-refractivity contribution in [2.75, 3.05) is 0 Å². The van der Waals surface area contributed by atoms with Crippen LogP contribution in [0.25, 0.3) is 0 Å². The van der Waals surface area contributed by atoms with Crippen molar-refractivity contribution < 1.29 is 0 Å². The number of rotatable bonds is 4. The van der Waals surface area contributed by atoms with Gasteiger partial charge in [0.2, 0.25) is 0 Å². The zero-order valence-corrected chi connectivity index (χ0v) is 11.6. The van der Waals surface area contributed by atoms with E-state index in [0.29, 0.717) is 13.1 Å². The molecule has 0 amide bonds. The number of hydrogen-bond acceptors (Lipinski definition) is 3. The number of aromatic nitrogens is 4. The lowest BCUT2D eigenvalue weighted by molar-refractivity contribution is 0.561. The second kappa shape index (κ2) is 5.01. The van der Waals surface area contributed by atoms with Gasteiger partial charge in [-0.1, -0.05) is 0 Å². The van der Waals surface area contributed by atoms with E-state index in [2.05, 4.69) is 33.1 Å². The maximum absolute atomic E-state index is 5.67. The summed E-state index contributed by atoms with van der Waals surface area (Å²) < 4.78 is 4.95. The lowest BCUT2D eigenvalue weighted by Crippen LogP contribution is -2.13. The van der Waals surface area contributed by atoms with Crippen molar-refractivity contribution in [3.05, 3.63) is 33.8 Å². The Morgan fingerprint density at radius 2 is 2.18 bits per heavy atom. The Kier molecular flexibility index (Phi) is 3.63. The summed E-state index contributed by atoms with van der Waals surface area (Å²) in [7, 11) is 0. The molecule has 17 heavy (non-hydrogen) atoms. The van der Waals surface area contributed by atoms with E-state index in [0.717, 1.165) is 28.1 Å². The molecule has 0 saturated heterocycles. The van der Waals surface area contributed by atoms with E-state index in [-0.39, 0.29) is 0 Å². The van der Waals surface area contributed by atoms with Gasteiger partial charge in [0.25, 0.3) is 0 Å². The molecule has 0 saturated carbocycles. The summed E-state index contributed by atoms with van der Waals surface area (Å²) in [6, 6.07) is 1.94. The summed E-state index contributed by atoms with van der Waals surface area (Å²) >= 11 is 3.58. The maximum atomic E-state index is 5.67. The van der Waals surface area contributed by atoms with Gasteiger partial charge >= 0.3 is 0 Å². The number of nitrogens with zero attached hydrogens (tertiary/aromatic N) is 4. The van der Waals surface area contributed by atoms with E-state index in [1.165, 1.54) is 0 Å². The molecular weight excluding hydrogens is 282 g/mol. The SMILES string of the molecule is CCn1nc(C)c(Br)c1Cn1nccc1CN. The predicted molar refractivity (Wildman–Crippen MR) is 69.6 cm³/mol. The number of nitrogens with two attached hydrogens (primary N) is 1. The third-order valence-corrected chi connectivity index (χ3v) is 3.80. The standard InChI is InChI=1S/C11H16BrN5/c1-3-16-10(11(12)8(2)15-16)7-17-9(6-13)4-5-14-17/h4-5H,3,6-7,13H2,1-2H3. The molecule has 6 heteroatoms. The topological polar surface area (TPSA) is 61.7 Å². The normalized spacial score (nSPS) is 11.1. The maximum Gasteiger partial charge on any atom is 0.0843 e. The number of hydrogen-bond donors (Lipinski definition) is 1. The summed E-state index contributed by atoms with van der Waals surface area (Å²) in [6.07, 6.45) is 1.77. The highest BCUT2D eigenvalue weighted by atomic mass is 79.9. The Balaban J connectivity index is 2.35. The van der Waals surface area contributed by atoms with E-state index in [1.54, 1.807) is 6.20 Å². The van der Waals surface area contributed by atoms with Crippen LogP contribution in [0.1, 0.15) is 24.0 Å². The molecule has 0 aliphatic carbocycles. The van der Waals surface area contributed by atoms with Crippen LogP contribution in [-0.4, -0.2) is 19.6 Å². The molecule has 0 atom stereocenters. The van der Waals surface area contributed by atoms with Gasteiger partial charge in [-0.15, -0.1) is 0 Å². The predicted octanol–water partition coefficient (Wildman–Crippen LogP) is 1.68. The Morgan fingerprint density at radius 3 is 2.82 bits per heavy atom. The number of aryl methyl sites for hydroxylation is 2. The van der Waals surface area contributed by atoms with Crippen LogP contribution in [0.3, 0.4) is 0 Å². The molecule has 0 aliphatic rings. The minimum atomic E-state index is 0.497. The zero-order chi connectivity index (χ0) is 12.4. The number of halogens is 1. The first kappa shape index (κ1) is 12.3. The molecule has 5 nitrogen and oxygen atoms in total. The Morgan fingerprint density at radius 1 is 1.41 bits per heavy atom. The molecule has 2 aromatic rings. The lowest BCUT2D eigenvalue weighted by atomic mass is 10.3. The third kappa shape index (κ3) is 2.28. The minimum Gasteiger partial charge on any atom is -0.325 e. The van der Waals surface area contributed by atoms with Gasteiger partial charge in [0.1, 0.15) is 0 Å². The first-order valence-electron chi connectivity index (χ1n) is 5.59. The quantitative estimate of drug-likeness (QED) is 0.934. The fourth-order valence-electron chi connectivity index (χ4n) is 1.84. The largest absolute Gasteiger partial charge is 0.325 e. The molecule has 0 bridgehead atoms. The monoisotopic (exact) mass is 297 g/mol. The summed E-state index contributed by atoms with van der Waals surface area (Å²) in [4.78, 5) is 0. The molecule has 2 aromatic heterocycles. The molecule has 0 aromatic carbocycles. The van der Waals surface area contributed by atoms with Crippen LogP contribution in [-0.2, 0) is 19.6 Å². The van der Waals surface area contributed by atoms with Crippen molar-refractivity contribution in [1.82, 2.24) is 19.6 Å². The highest BCUT2D eigenvalue weighted by Gasteiger charge is 2.13. The van der Waals surface area contributed by atoms with Crippen LogP contribution in [0.5, 0.6) is 0 Å². The molecule has 92 valence electrons. The Bertz CT molecular complexity index is 514. The van der Waals surface area contributed by atoms with Crippen molar-refractivity contribution in [3.8, 4) is 0 Å². The Labute approximate surface area is 109 Å². The van der Waals surface area contributed by atoms with Gasteiger partial charge in [0.15, 0.2) is 0 Å². The van der Waals surface area contributed by atoms with Gasteiger partial charge < -0.3 is 5.73 Å². The molecule has 0 spiro atoms. The molecule has 2 heterocycles. The van der Waals surface area contributed by atoms with Crippen molar-refractivity contribution in [1.29, 1.82) is 0 Å². The van der Waals surface area contributed by atoms with Gasteiger partial charge in [0.05, 0.1) is 28.1 Å². The van der Waals surface area contributed by atoms with Crippen LogP contribution in [0.2, 0.25) is 0 Å². The van der Waals surface area contributed by atoms with Gasteiger partial charge in [-0.05, 0) is 35.8 Å². The van der Waals surface area contributed by atoms with E-state index in [4.69, 9.17) is 5.73 Å². The summed E-state index contributed by atoms with van der Waals surface area (Å²) in [5.74, 6) is 0. The van der Waals surface area contributed by atoms with Crippen LogP contribution < -0.4 is 5.73 Å². The molecule has 0 radical (unpaired) electrons. The average molecular weight is 298 g/mol. The molecule has 2 N–H and O–H groups in total. The van der Waals surface area contributed by atoms with Gasteiger partial charge in [-0.2, -0.15) is 10.2 Å². The molecule has 0 unspecified atom stereocenters. The van der Waals surface area contributed by atoms with Crippen LogP contribution in [0.4, 0.5) is 0 Å². The fourth-order valence-corrected chi connectivity index (χ4v) is 2.25. The fraction of sp³-hybridized carbons (Fsp3) is 0.455. The first-order valence-corrected chi connectivity index (χ1v) is 6.39. The second-order valence-electron chi connectivity index (χ2n) is 3.85. The van der Waals surface area contributed by atoms with Crippen molar-refractivity contribution >= 4 is 15.9 Å². The minimum absolute atomic E-state index is 0.497. The summed E-state index contributed by atoms with van der Waals surface area (Å²) in [6.45, 7) is 6.11. The van der Waals surface area contributed by atoms with Crippen molar-refractivity contribution in [2.24, 2.45) is 5.73 Å². The highest BCUT2D eigenvalue weighted by Crippen LogP contribution is 2.22. The van der Waals surface area contributed by atoms with Crippen molar-refractivity contribution in [2.45, 2.75) is 33.5 Å². The molecule has 2 rings (SSSR count). The van der Waals surface area contributed by atoms with Crippen LogP contribution >= 0.6 is 15.9 Å². The average Bonchev–Trinajstić information content (AvgIpc) is 2.88. The highest BCUT2D eigenvalue weighted by molar-refractivity contribution is 9.10. The van der Waals surface area contributed by atoms with Crippen LogP contribution in [0.15, 0.2) is 16.7 Å². The van der Waals surface area contributed by atoms with Gasteiger partial charge in [-0.25, -0.2) is 0 Å². The van der Waals surface area contributed by atoms with Crippen molar-refractivity contribution in [3.63, 3.8) is 0 Å². The molecular formula is C11H16BrN5. The summed E-state index contributed by atoms with van der Waals surface area (Å²) in [5, 5.41) is 8.74. The molecule has 0 fully saturated rings. The van der Waals surface area contributed by atoms with E-state index >= 15 is 0 Å².